The molecule has 2 rings (SSSR count). The summed E-state index contributed by atoms with van der Waals surface area (Å²) in [5.74, 6) is 1.41. The van der Waals surface area contributed by atoms with E-state index in [0.717, 1.165) is 0 Å². The number of nitrogens with zero attached hydrogens (tertiary/aromatic N) is 1. The number of nitrogens with one attached hydrogen (secondary N) is 1. The van der Waals surface area contributed by atoms with Crippen molar-refractivity contribution >= 4 is 35.0 Å². The van der Waals surface area contributed by atoms with Gasteiger partial charge in [0.15, 0.2) is 5.56 Å². The fourth-order valence-electron chi connectivity index (χ4n) is 1.26. The summed E-state index contributed by atoms with van der Waals surface area (Å²) in [5, 5.41) is 6.51. The second-order valence-corrected chi connectivity index (χ2v) is 5.46. The van der Waals surface area contributed by atoms with Gasteiger partial charge in [0.25, 0.3) is 0 Å². The molecule has 0 radical (unpaired) electrons. The van der Waals surface area contributed by atoms with E-state index in [1.165, 1.54) is 11.8 Å². The van der Waals surface area contributed by atoms with Gasteiger partial charge in [0.2, 0.25) is 5.89 Å². The Balaban J connectivity index is 1.74. The minimum absolute atomic E-state index is 0.338. The van der Waals surface area contributed by atoms with Gasteiger partial charge in [-0.3, -0.25) is 0 Å². The second kappa shape index (κ2) is 6.88. The Morgan fingerprint density at radius 2 is 2.16 bits per heavy atom. The van der Waals surface area contributed by atoms with Crippen LogP contribution in [0.5, 0.6) is 5.75 Å². The molecule has 0 spiro atoms. The number of benzene rings is 1. The van der Waals surface area contributed by atoms with Gasteiger partial charge in [-0.15, -0.1) is 16.9 Å². The molecule has 0 saturated heterocycles. The predicted octanol–water partition coefficient (Wildman–Crippen LogP) is 2.89. The Bertz CT molecular complexity index is 570. The minimum atomic E-state index is -0.560. The molecule has 8 heteroatoms. The summed E-state index contributed by atoms with van der Waals surface area (Å²) in [6.45, 7) is 0. The minimum Gasteiger partial charge on any atom is -0.474 e. The van der Waals surface area contributed by atoms with Crippen molar-refractivity contribution in [3.8, 4) is 5.75 Å². The van der Waals surface area contributed by atoms with Crippen LogP contribution in [-0.4, -0.2) is 21.5 Å². The summed E-state index contributed by atoms with van der Waals surface area (Å²) in [5.41, 5.74) is -0.489. The first-order valence-corrected chi connectivity index (χ1v) is 7.29. The number of aromatic amines is 1. The fraction of sp³-hybridized carbons (Fsp3) is 0.273. The monoisotopic (exact) mass is 320 g/mol. The highest BCUT2D eigenvalue weighted by molar-refractivity contribution is 7.98. The molecule has 5 nitrogen and oxygen atoms in total. The number of aromatic nitrogens is 2. The van der Waals surface area contributed by atoms with Gasteiger partial charge in [0, 0.05) is 10.8 Å². The zero-order chi connectivity index (χ0) is 13.7. The van der Waals surface area contributed by atoms with E-state index in [0.29, 0.717) is 28.2 Å². The number of alkyl halides is 1. The van der Waals surface area contributed by atoms with E-state index >= 15 is 0 Å². The van der Waals surface area contributed by atoms with Crippen LogP contribution in [0.4, 0.5) is 0 Å². The summed E-state index contributed by atoms with van der Waals surface area (Å²) in [6.07, 6.45) is 0. The number of H-pyrrole nitrogens is 1. The molecule has 102 valence electrons. The smallest absolute Gasteiger partial charge is 0.434 e. The molecular formula is C11H10Cl2N2O3S. The molecule has 0 aliphatic heterocycles. The number of halogens is 2. The van der Waals surface area contributed by atoms with E-state index in [-0.39, 0.29) is 0 Å². The van der Waals surface area contributed by atoms with Gasteiger partial charge < -0.3 is 9.15 Å². The molecule has 1 unspecified atom stereocenters. The topological polar surface area (TPSA) is 68.1 Å². The Morgan fingerprint density at radius 1 is 1.42 bits per heavy atom. The molecule has 19 heavy (non-hydrogen) atoms. The third kappa shape index (κ3) is 4.81. The second-order valence-electron chi connectivity index (χ2n) is 3.50. The Morgan fingerprint density at radius 3 is 2.79 bits per heavy atom. The molecule has 1 atom stereocenters. The SMILES string of the molecule is O=c1[nH]nc(CSCC(Cl)Oc2ccc(Cl)cc2)o1. The zero-order valence-electron chi connectivity index (χ0n) is 9.64. The maximum atomic E-state index is 10.7. The molecule has 1 aromatic heterocycles. The summed E-state index contributed by atoms with van der Waals surface area (Å²) in [6, 6.07) is 6.95. The maximum absolute atomic E-state index is 10.7. The van der Waals surface area contributed by atoms with Crippen molar-refractivity contribution in [2.75, 3.05) is 5.75 Å². The highest BCUT2D eigenvalue weighted by Gasteiger charge is 2.08. The van der Waals surface area contributed by atoms with Crippen LogP contribution in [0.15, 0.2) is 33.5 Å². The van der Waals surface area contributed by atoms with Gasteiger partial charge in [-0.25, -0.2) is 9.89 Å². The normalized spacial score (nSPS) is 12.3. The van der Waals surface area contributed by atoms with Crippen molar-refractivity contribution in [3.63, 3.8) is 0 Å². The third-order valence-corrected chi connectivity index (χ3v) is 3.70. The van der Waals surface area contributed by atoms with Crippen LogP contribution >= 0.6 is 35.0 Å². The van der Waals surface area contributed by atoms with Gasteiger partial charge in [-0.1, -0.05) is 23.2 Å². The van der Waals surface area contributed by atoms with E-state index in [2.05, 4.69) is 10.2 Å². The summed E-state index contributed by atoms with van der Waals surface area (Å²) in [7, 11) is 0. The van der Waals surface area contributed by atoms with Crippen LogP contribution in [0.1, 0.15) is 5.89 Å². The maximum Gasteiger partial charge on any atom is 0.434 e. The quantitative estimate of drug-likeness (QED) is 0.829. The first-order valence-electron chi connectivity index (χ1n) is 5.32. The van der Waals surface area contributed by atoms with Crippen LogP contribution < -0.4 is 10.5 Å². The average molecular weight is 321 g/mol. The summed E-state index contributed by atoms with van der Waals surface area (Å²) < 4.78 is 10.2. The van der Waals surface area contributed by atoms with Gasteiger partial charge >= 0.3 is 5.76 Å². The third-order valence-electron chi connectivity index (χ3n) is 2.03. The lowest BCUT2D eigenvalue weighted by molar-refractivity contribution is 0.305. The number of rotatable bonds is 6. The molecule has 1 heterocycles. The lowest BCUT2D eigenvalue weighted by Gasteiger charge is -2.11. The summed E-state index contributed by atoms with van der Waals surface area (Å²) >= 11 is 13.2. The van der Waals surface area contributed by atoms with E-state index in [4.69, 9.17) is 32.4 Å². The lowest BCUT2D eigenvalue weighted by Crippen LogP contribution is -2.11. The lowest BCUT2D eigenvalue weighted by atomic mass is 10.3. The molecule has 0 saturated carbocycles. The molecule has 0 amide bonds. The van der Waals surface area contributed by atoms with Gasteiger partial charge in [-0.05, 0) is 24.3 Å². The van der Waals surface area contributed by atoms with Crippen LogP contribution in [0.2, 0.25) is 5.02 Å². The summed E-state index contributed by atoms with van der Waals surface area (Å²) in [4.78, 5) is 10.7. The first kappa shape index (κ1) is 14.3. The van der Waals surface area contributed by atoms with Crippen molar-refractivity contribution in [2.45, 2.75) is 11.3 Å². The average Bonchev–Trinajstić information content (AvgIpc) is 2.78. The Hall–Kier alpha value is -1.11. The van der Waals surface area contributed by atoms with Crippen LogP contribution in [0.3, 0.4) is 0 Å². The van der Waals surface area contributed by atoms with Crippen molar-refractivity contribution in [1.82, 2.24) is 10.2 Å². The molecule has 0 aliphatic rings. The van der Waals surface area contributed by atoms with Crippen LogP contribution in [0, 0.1) is 0 Å². The molecule has 2 aromatic rings. The van der Waals surface area contributed by atoms with Gasteiger partial charge in [0.1, 0.15) is 5.75 Å². The molecule has 1 aromatic carbocycles. The molecule has 0 aliphatic carbocycles. The van der Waals surface area contributed by atoms with Crippen LogP contribution in [-0.2, 0) is 5.75 Å². The van der Waals surface area contributed by atoms with Crippen molar-refractivity contribution in [2.24, 2.45) is 0 Å². The highest BCUT2D eigenvalue weighted by Crippen LogP contribution is 2.20. The number of ether oxygens (including phenoxy) is 1. The fourth-order valence-corrected chi connectivity index (χ4v) is 2.42. The molecular weight excluding hydrogens is 311 g/mol. The van der Waals surface area contributed by atoms with E-state index in [1.807, 2.05) is 0 Å². The van der Waals surface area contributed by atoms with Crippen molar-refractivity contribution < 1.29 is 9.15 Å². The highest BCUT2D eigenvalue weighted by atomic mass is 35.5. The Labute approximate surface area is 123 Å². The predicted molar refractivity (Wildman–Crippen MR) is 75.0 cm³/mol. The van der Waals surface area contributed by atoms with E-state index in [1.54, 1.807) is 24.3 Å². The van der Waals surface area contributed by atoms with E-state index in [9.17, 15) is 4.79 Å². The van der Waals surface area contributed by atoms with Gasteiger partial charge in [-0.2, -0.15) is 0 Å². The van der Waals surface area contributed by atoms with Crippen LogP contribution in [0.25, 0.3) is 0 Å². The molecule has 0 fully saturated rings. The van der Waals surface area contributed by atoms with Crippen molar-refractivity contribution in [3.05, 3.63) is 45.7 Å². The van der Waals surface area contributed by atoms with Gasteiger partial charge in [0.05, 0.1) is 5.75 Å². The van der Waals surface area contributed by atoms with E-state index < -0.39 is 11.3 Å². The molecule has 1 N–H and O–H groups in total. The molecule has 0 bridgehead atoms. The largest absolute Gasteiger partial charge is 0.474 e. The standard InChI is InChI=1S/C11H10Cl2N2O3S/c12-7-1-3-8(4-2-7)17-9(13)5-19-6-10-14-15-11(16)18-10/h1-4,9H,5-6H2,(H,15,16). The first-order chi connectivity index (χ1) is 9.13. The van der Waals surface area contributed by atoms with Crippen molar-refractivity contribution in [1.29, 1.82) is 0 Å². The number of hydrogen-bond acceptors (Lipinski definition) is 5. The Kier molecular flexibility index (Phi) is 5.18. The zero-order valence-corrected chi connectivity index (χ0v) is 12.0. The number of hydrogen-bond donors (Lipinski definition) is 1. The number of thioether (sulfide) groups is 1.